The van der Waals surface area contributed by atoms with E-state index in [1.165, 1.54) is 6.20 Å². The zero-order chi connectivity index (χ0) is 19.8. The fourth-order valence-corrected chi connectivity index (χ4v) is 3.05. The van der Waals surface area contributed by atoms with E-state index in [0.29, 0.717) is 28.1 Å². The Morgan fingerprint density at radius 2 is 1.83 bits per heavy atom. The van der Waals surface area contributed by atoms with Crippen molar-refractivity contribution in [3.63, 3.8) is 0 Å². The van der Waals surface area contributed by atoms with Crippen molar-refractivity contribution in [3.8, 4) is 0 Å². The maximum atomic E-state index is 12.6. The zero-order valence-corrected chi connectivity index (χ0v) is 14.9. The number of furan rings is 1. The molecule has 0 fully saturated rings. The van der Waals surface area contributed by atoms with Gasteiger partial charge in [0.1, 0.15) is 11.1 Å². The first-order chi connectivity index (χ1) is 14.2. The SMILES string of the molecule is O=C(Nc1nc2c(C(=O)Nc3ncc[nH]3)cccc2[nH]1)c1cc2ccccc2o1. The number of fused-ring (bicyclic) bond motifs is 2. The normalized spacial score (nSPS) is 11.0. The maximum absolute atomic E-state index is 12.6. The third kappa shape index (κ3) is 3.10. The lowest BCUT2D eigenvalue weighted by Gasteiger charge is -2.02. The van der Waals surface area contributed by atoms with Crippen LogP contribution in [0.2, 0.25) is 0 Å². The standard InChI is InChI=1S/C20H14N6O3/c27-17(25-19-21-8-9-22-19)12-5-3-6-13-16(12)24-20(23-13)26-18(28)15-10-11-4-1-2-7-14(11)29-15/h1-10H,(H2,21,22,25,27)(H2,23,24,26,28). The van der Waals surface area contributed by atoms with Gasteiger partial charge in [0.05, 0.1) is 11.1 Å². The lowest BCUT2D eigenvalue weighted by molar-refractivity contribution is 0.0996. The highest BCUT2D eigenvalue weighted by Crippen LogP contribution is 2.22. The Labute approximate surface area is 163 Å². The third-order valence-corrected chi connectivity index (χ3v) is 4.37. The molecule has 3 heterocycles. The number of hydrogen-bond donors (Lipinski definition) is 4. The van der Waals surface area contributed by atoms with Crippen LogP contribution in [0.3, 0.4) is 0 Å². The molecule has 2 aromatic carbocycles. The van der Waals surface area contributed by atoms with E-state index in [1.54, 1.807) is 36.5 Å². The average molecular weight is 386 g/mol. The van der Waals surface area contributed by atoms with E-state index in [9.17, 15) is 9.59 Å². The molecule has 2 amide bonds. The summed E-state index contributed by atoms with van der Waals surface area (Å²) in [7, 11) is 0. The van der Waals surface area contributed by atoms with Crippen LogP contribution in [0.4, 0.5) is 11.9 Å². The van der Waals surface area contributed by atoms with E-state index in [1.807, 2.05) is 18.2 Å². The molecule has 5 rings (SSSR count). The second kappa shape index (κ2) is 6.64. The van der Waals surface area contributed by atoms with Gasteiger partial charge in [0.25, 0.3) is 11.8 Å². The number of para-hydroxylation sites is 2. The van der Waals surface area contributed by atoms with Crippen molar-refractivity contribution < 1.29 is 14.0 Å². The fourth-order valence-electron chi connectivity index (χ4n) is 3.05. The van der Waals surface area contributed by atoms with Gasteiger partial charge in [-0.3, -0.25) is 20.2 Å². The summed E-state index contributed by atoms with van der Waals surface area (Å²) in [6.07, 6.45) is 3.15. The topological polar surface area (TPSA) is 129 Å². The number of aromatic nitrogens is 4. The summed E-state index contributed by atoms with van der Waals surface area (Å²) in [6.45, 7) is 0. The van der Waals surface area contributed by atoms with Crippen LogP contribution in [-0.4, -0.2) is 31.8 Å². The lowest BCUT2D eigenvalue weighted by atomic mass is 10.2. The number of imidazole rings is 2. The van der Waals surface area contributed by atoms with Gasteiger partial charge in [-0.1, -0.05) is 24.3 Å². The number of benzene rings is 2. The summed E-state index contributed by atoms with van der Waals surface area (Å²) in [5.41, 5.74) is 2.01. The number of amides is 2. The number of nitrogens with zero attached hydrogens (tertiary/aromatic N) is 2. The van der Waals surface area contributed by atoms with Gasteiger partial charge >= 0.3 is 0 Å². The molecule has 4 N–H and O–H groups in total. The second-order valence-corrected chi connectivity index (χ2v) is 6.28. The molecule has 0 unspecified atom stereocenters. The van der Waals surface area contributed by atoms with Crippen LogP contribution < -0.4 is 10.6 Å². The van der Waals surface area contributed by atoms with Crippen LogP contribution >= 0.6 is 0 Å². The van der Waals surface area contributed by atoms with Crippen LogP contribution in [0.1, 0.15) is 20.9 Å². The minimum absolute atomic E-state index is 0.169. The molecule has 0 saturated heterocycles. The van der Waals surface area contributed by atoms with Gasteiger partial charge in [0.15, 0.2) is 5.76 Å². The van der Waals surface area contributed by atoms with Crippen molar-refractivity contribution in [3.05, 3.63) is 72.2 Å². The number of anilines is 2. The van der Waals surface area contributed by atoms with Crippen LogP contribution in [-0.2, 0) is 0 Å². The Kier molecular flexibility index (Phi) is 3.84. The molecule has 0 spiro atoms. The summed E-state index contributed by atoms with van der Waals surface area (Å²) >= 11 is 0. The molecule has 0 saturated carbocycles. The Balaban J connectivity index is 1.42. The maximum Gasteiger partial charge on any atom is 0.293 e. The number of aromatic amines is 2. The Hall–Kier alpha value is -4.40. The van der Waals surface area contributed by atoms with Gasteiger partial charge in [0, 0.05) is 17.8 Å². The summed E-state index contributed by atoms with van der Waals surface area (Å²) in [5.74, 6) is -0.0962. The molecular formula is C20H14N6O3. The molecule has 142 valence electrons. The Morgan fingerprint density at radius 3 is 2.66 bits per heavy atom. The predicted molar refractivity (Wildman–Crippen MR) is 107 cm³/mol. The van der Waals surface area contributed by atoms with E-state index < -0.39 is 5.91 Å². The van der Waals surface area contributed by atoms with Crippen LogP contribution in [0.25, 0.3) is 22.0 Å². The van der Waals surface area contributed by atoms with Gasteiger partial charge in [0.2, 0.25) is 11.9 Å². The van der Waals surface area contributed by atoms with Crippen molar-refractivity contribution in [2.45, 2.75) is 0 Å². The van der Waals surface area contributed by atoms with Crippen molar-refractivity contribution in [1.29, 1.82) is 0 Å². The number of H-pyrrole nitrogens is 2. The minimum Gasteiger partial charge on any atom is -0.451 e. The first-order valence-electron chi connectivity index (χ1n) is 8.77. The van der Waals surface area contributed by atoms with Crippen LogP contribution in [0.5, 0.6) is 0 Å². The van der Waals surface area contributed by atoms with E-state index in [0.717, 1.165) is 5.39 Å². The lowest BCUT2D eigenvalue weighted by Crippen LogP contribution is -2.13. The first kappa shape index (κ1) is 16.8. The smallest absolute Gasteiger partial charge is 0.293 e. The van der Waals surface area contributed by atoms with Crippen LogP contribution in [0, 0.1) is 0 Å². The van der Waals surface area contributed by atoms with Crippen molar-refractivity contribution in [1.82, 2.24) is 19.9 Å². The van der Waals surface area contributed by atoms with Crippen molar-refractivity contribution in [2.75, 3.05) is 10.6 Å². The summed E-state index contributed by atoms with van der Waals surface area (Å²) in [6, 6.07) is 14.2. The quantitative estimate of drug-likeness (QED) is 0.375. The first-order valence-corrected chi connectivity index (χ1v) is 8.77. The Bertz CT molecular complexity index is 1320. The second-order valence-electron chi connectivity index (χ2n) is 6.28. The van der Waals surface area contributed by atoms with Crippen molar-refractivity contribution >= 4 is 45.7 Å². The number of rotatable bonds is 4. The number of hydrogen-bond acceptors (Lipinski definition) is 5. The molecule has 9 heteroatoms. The highest BCUT2D eigenvalue weighted by Gasteiger charge is 2.17. The van der Waals surface area contributed by atoms with Gasteiger partial charge in [-0.2, -0.15) is 0 Å². The molecule has 9 nitrogen and oxygen atoms in total. The monoisotopic (exact) mass is 386 g/mol. The molecule has 0 atom stereocenters. The zero-order valence-electron chi connectivity index (χ0n) is 14.9. The van der Waals surface area contributed by atoms with Gasteiger partial charge < -0.3 is 14.4 Å². The molecule has 0 aliphatic carbocycles. The molecule has 3 aromatic heterocycles. The molecule has 0 bridgehead atoms. The largest absolute Gasteiger partial charge is 0.451 e. The van der Waals surface area contributed by atoms with Crippen molar-refractivity contribution in [2.24, 2.45) is 0 Å². The molecule has 29 heavy (non-hydrogen) atoms. The van der Waals surface area contributed by atoms with E-state index >= 15 is 0 Å². The highest BCUT2D eigenvalue weighted by molar-refractivity contribution is 6.11. The van der Waals surface area contributed by atoms with E-state index in [-0.39, 0.29) is 17.6 Å². The molecule has 0 aliphatic rings. The highest BCUT2D eigenvalue weighted by atomic mass is 16.3. The minimum atomic E-state index is -0.443. The summed E-state index contributed by atoms with van der Waals surface area (Å²) in [5, 5.41) is 6.16. The van der Waals surface area contributed by atoms with E-state index in [4.69, 9.17) is 4.42 Å². The number of nitrogens with one attached hydrogen (secondary N) is 4. The van der Waals surface area contributed by atoms with Gasteiger partial charge in [-0.25, -0.2) is 9.97 Å². The van der Waals surface area contributed by atoms with Gasteiger partial charge in [-0.05, 0) is 24.3 Å². The average Bonchev–Trinajstić information content (AvgIpc) is 3.46. The number of carbonyl (C=O) groups is 2. The summed E-state index contributed by atoms with van der Waals surface area (Å²) in [4.78, 5) is 39.2. The third-order valence-electron chi connectivity index (χ3n) is 4.37. The molecule has 0 radical (unpaired) electrons. The summed E-state index contributed by atoms with van der Waals surface area (Å²) < 4.78 is 5.57. The molecule has 5 aromatic rings. The fraction of sp³-hybridized carbons (Fsp3) is 0. The molecular weight excluding hydrogens is 372 g/mol. The van der Waals surface area contributed by atoms with Crippen LogP contribution in [0.15, 0.2) is 65.3 Å². The number of carbonyl (C=O) groups excluding carboxylic acids is 2. The predicted octanol–water partition coefficient (Wildman–Crippen LogP) is 3.54. The van der Waals surface area contributed by atoms with Gasteiger partial charge in [-0.15, -0.1) is 0 Å². The molecule has 0 aliphatic heterocycles. The van der Waals surface area contributed by atoms with E-state index in [2.05, 4.69) is 30.6 Å². The Morgan fingerprint density at radius 1 is 0.966 bits per heavy atom.